The molecule has 1 amide bonds. The Labute approximate surface area is 241 Å². The molecule has 1 N–H and O–H groups in total. The van der Waals surface area contributed by atoms with Crippen molar-refractivity contribution in [3.63, 3.8) is 0 Å². The van der Waals surface area contributed by atoms with Crippen LogP contribution in [0.25, 0.3) is 0 Å². The summed E-state index contributed by atoms with van der Waals surface area (Å²) in [5.74, 6) is 0.480. The summed E-state index contributed by atoms with van der Waals surface area (Å²) >= 11 is 1.53. The molecule has 0 radical (unpaired) electrons. The lowest BCUT2D eigenvalue weighted by Gasteiger charge is -2.27. The van der Waals surface area contributed by atoms with Crippen LogP contribution >= 0.6 is 11.3 Å². The van der Waals surface area contributed by atoms with E-state index in [-0.39, 0.29) is 24.3 Å². The number of anilines is 1. The number of carbonyl (C=O) groups is 1. The number of carbonyl (C=O) groups excluding carboxylic acids is 1. The molecule has 1 aromatic heterocycles. The highest BCUT2D eigenvalue weighted by Crippen LogP contribution is 2.43. The first-order chi connectivity index (χ1) is 19.1. The number of aromatic nitrogens is 1. The molecule has 1 atom stereocenters. The molecule has 1 saturated carbocycles. The third-order valence-corrected chi connectivity index (χ3v) is 10.1. The lowest BCUT2D eigenvalue weighted by molar-refractivity contribution is -0.115. The smallest absolute Gasteiger partial charge is 0.230 e. The van der Waals surface area contributed by atoms with Gasteiger partial charge >= 0.3 is 0 Å². The predicted octanol–water partition coefficient (Wildman–Crippen LogP) is 6.36. The van der Waals surface area contributed by atoms with Crippen molar-refractivity contribution >= 4 is 32.2 Å². The molecule has 2 heterocycles. The van der Waals surface area contributed by atoms with Crippen LogP contribution in [0, 0.1) is 17.2 Å². The van der Waals surface area contributed by atoms with Crippen LogP contribution in [0.2, 0.25) is 0 Å². The fraction of sp³-hybridized carbons (Fsp3) is 0.452. The molecule has 0 bridgehead atoms. The van der Waals surface area contributed by atoms with Crippen molar-refractivity contribution in [1.29, 1.82) is 5.26 Å². The third kappa shape index (κ3) is 6.30. The van der Waals surface area contributed by atoms with E-state index in [1.165, 1.54) is 24.0 Å². The maximum Gasteiger partial charge on any atom is 0.230 e. The maximum absolute atomic E-state index is 13.2. The molecule has 2 aliphatic rings. The highest BCUT2D eigenvalue weighted by Gasteiger charge is 2.36. The number of thiazole rings is 1. The monoisotopic (exact) mass is 576 g/mol. The van der Waals surface area contributed by atoms with Crippen molar-refractivity contribution < 1.29 is 13.2 Å². The molecule has 2 aromatic carbocycles. The van der Waals surface area contributed by atoms with Crippen molar-refractivity contribution in [3.05, 3.63) is 75.3 Å². The maximum atomic E-state index is 13.2. The normalized spacial score (nSPS) is 18.0. The average molecular weight is 577 g/mol. The minimum absolute atomic E-state index is 0.129. The molecular formula is C31H36N4O3S2. The van der Waals surface area contributed by atoms with Gasteiger partial charge in [-0.3, -0.25) is 9.69 Å². The van der Waals surface area contributed by atoms with E-state index in [1.54, 1.807) is 12.1 Å². The second-order valence-electron chi connectivity index (χ2n) is 11.4. The Morgan fingerprint density at radius 2 is 1.95 bits per heavy atom. The van der Waals surface area contributed by atoms with Crippen LogP contribution in [0.3, 0.4) is 0 Å². The summed E-state index contributed by atoms with van der Waals surface area (Å²) in [6.07, 6.45) is 6.92. The number of nitriles is 1. The number of nitrogens with one attached hydrogen (secondary N) is 1. The van der Waals surface area contributed by atoms with Crippen LogP contribution in [0.1, 0.15) is 90.7 Å². The summed E-state index contributed by atoms with van der Waals surface area (Å²) in [7, 11) is -3.32. The topological polar surface area (TPSA) is 103 Å². The van der Waals surface area contributed by atoms with Gasteiger partial charge in [0.15, 0.2) is 15.0 Å². The quantitative estimate of drug-likeness (QED) is 0.335. The third-order valence-electron chi connectivity index (χ3n) is 8.01. The summed E-state index contributed by atoms with van der Waals surface area (Å²) in [6.45, 7) is 5.85. The molecule has 9 heteroatoms. The average Bonchev–Trinajstić information content (AvgIpc) is 3.45. The summed E-state index contributed by atoms with van der Waals surface area (Å²) in [6, 6.07) is 15.3. The predicted molar refractivity (Wildman–Crippen MR) is 158 cm³/mol. The molecule has 5 rings (SSSR count). The van der Waals surface area contributed by atoms with E-state index in [0.29, 0.717) is 21.5 Å². The van der Waals surface area contributed by atoms with Gasteiger partial charge in [-0.1, -0.05) is 51.3 Å². The van der Waals surface area contributed by atoms with E-state index in [1.807, 2.05) is 30.3 Å². The largest absolute Gasteiger partial charge is 0.302 e. The Hall–Kier alpha value is -3.06. The van der Waals surface area contributed by atoms with Gasteiger partial charge in [0.25, 0.3) is 0 Å². The second kappa shape index (κ2) is 11.8. The molecule has 7 nitrogen and oxygen atoms in total. The Balaban J connectivity index is 1.31. The van der Waals surface area contributed by atoms with E-state index in [0.717, 1.165) is 66.0 Å². The molecule has 0 saturated heterocycles. The van der Waals surface area contributed by atoms with Crippen molar-refractivity contribution in [2.45, 2.75) is 82.3 Å². The van der Waals surface area contributed by atoms with E-state index in [9.17, 15) is 18.5 Å². The fourth-order valence-corrected chi connectivity index (χ4v) is 7.88. The fourth-order valence-electron chi connectivity index (χ4n) is 6.18. The molecule has 0 spiro atoms. The Morgan fingerprint density at radius 3 is 2.65 bits per heavy atom. The van der Waals surface area contributed by atoms with Crippen LogP contribution in [-0.4, -0.2) is 30.5 Å². The summed E-state index contributed by atoms with van der Waals surface area (Å²) in [5, 5.41) is 12.9. The summed E-state index contributed by atoms with van der Waals surface area (Å²) in [4.78, 5) is 21.9. The highest BCUT2D eigenvalue weighted by molar-refractivity contribution is 7.90. The number of amides is 1. The van der Waals surface area contributed by atoms with Crippen molar-refractivity contribution in [3.8, 4) is 6.07 Å². The number of nitrogens with zero attached hydrogens (tertiary/aromatic N) is 3. The van der Waals surface area contributed by atoms with Crippen LogP contribution in [0.15, 0.2) is 47.4 Å². The summed E-state index contributed by atoms with van der Waals surface area (Å²) in [5.41, 5.74) is 4.67. The van der Waals surface area contributed by atoms with Gasteiger partial charge in [-0.25, -0.2) is 13.4 Å². The zero-order valence-corrected chi connectivity index (χ0v) is 24.9. The van der Waals surface area contributed by atoms with Crippen molar-refractivity contribution in [2.24, 2.45) is 5.92 Å². The van der Waals surface area contributed by atoms with Gasteiger partial charge in [0.1, 0.15) is 0 Å². The van der Waals surface area contributed by atoms with Gasteiger partial charge in [0.2, 0.25) is 5.91 Å². The number of fused-ring (bicyclic) bond motifs is 1. The van der Waals surface area contributed by atoms with Crippen LogP contribution in [0.5, 0.6) is 0 Å². The van der Waals surface area contributed by atoms with E-state index in [4.69, 9.17) is 4.98 Å². The Kier molecular flexibility index (Phi) is 8.41. The lowest BCUT2D eigenvalue weighted by atomic mass is 9.81. The minimum atomic E-state index is -3.32. The van der Waals surface area contributed by atoms with E-state index >= 15 is 0 Å². The molecule has 0 unspecified atom stereocenters. The van der Waals surface area contributed by atoms with Crippen molar-refractivity contribution in [2.75, 3.05) is 11.6 Å². The first-order valence-electron chi connectivity index (χ1n) is 14.0. The minimum Gasteiger partial charge on any atom is -0.302 e. The van der Waals surface area contributed by atoms with E-state index in [2.05, 4.69) is 30.1 Å². The first kappa shape index (κ1) is 28.5. The molecule has 1 aliphatic carbocycles. The molecule has 1 fully saturated rings. The SMILES string of the molecule is CC(C)[C@@H]1c2nc(NC(=O)Cc3ccc(S(C)(=O)=O)cc3C3CCCCC3)sc2CN1Cc1cccc(C#N)c1. The van der Waals surface area contributed by atoms with Crippen LogP contribution < -0.4 is 5.32 Å². The van der Waals surface area contributed by atoms with Gasteiger partial charge in [-0.2, -0.15) is 5.26 Å². The molecule has 3 aromatic rings. The highest BCUT2D eigenvalue weighted by atomic mass is 32.2. The number of hydrogen-bond donors (Lipinski definition) is 1. The first-order valence-corrected chi connectivity index (χ1v) is 16.7. The van der Waals surface area contributed by atoms with Gasteiger partial charge in [-0.15, -0.1) is 11.3 Å². The molecule has 40 heavy (non-hydrogen) atoms. The molecular weight excluding hydrogens is 541 g/mol. The van der Waals surface area contributed by atoms with Crippen LogP contribution in [0.4, 0.5) is 5.13 Å². The van der Waals surface area contributed by atoms with Crippen LogP contribution in [-0.2, 0) is 34.1 Å². The molecule has 210 valence electrons. The zero-order valence-electron chi connectivity index (χ0n) is 23.3. The second-order valence-corrected chi connectivity index (χ2v) is 14.5. The standard InChI is InChI=1S/C31H36N4O3S2/c1-20(2)30-29-27(19-35(30)18-22-9-7-8-21(14-22)17-32)39-31(34-29)33-28(36)15-24-12-13-25(40(3,37)38)16-26(24)23-10-5-4-6-11-23/h7-9,12-14,16,20,23,30H,4-6,10-11,15,18-19H2,1-3H3,(H,33,34,36)/t30-/m1/s1. The van der Waals surface area contributed by atoms with Gasteiger partial charge in [0, 0.05) is 24.2 Å². The van der Waals surface area contributed by atoms with Gasteiger partial charge < -0.3 is 5.32 Å². The summed E-state index contributed by atoms with van der Waals surface area (Å²) < 4.78 is 24.5. The Morgan fingerprint density at radius 1 is 1.18 bits per heavy atom. The number of benzene rings is 2. The lowest BCUT2D eigenvalue weighted by Crippen LogP contribution is -2.26. The van der Waals surface area contributed by atoms with Crippen molar-refractivity contribution in [1.82, 2.24) is 9.88 Å². The van der Waals surface area contributed by atoms with Gasteiger partial charge in [0.05, 0.1) is 34.7 Å². The van der Waals surface area contributed by atoms with Gasteiger partial charge in [-0.05, 0) is 65.6 Å². The van der Waals surface area contributed by atoms with E-state index < -0.39 is 9.84 Å². The number of sulfone groups is 1. The number of rotatable bonds is 8. The molecule has 1 aliphatic heterocycles. The zero-order chi connectivity index (χ0) is 28.4. The number of hydrogen-bond acceptors (Lipinski definition) is 7. The Bertz CT molecular complexity index is 1550.